The Morgan fingerprint density at radius 1 is 1.23 bits per heavy atom. The molecule has 9 heteroatoms. The summed E-state index contributed by atoms with van der Waals surface area (Å²) < 4.78 is 1.74. The molecule has 154 valence electrons. The fourth-order valence-electron chi connectivity index (χ4n) is 2.66. The van der Waals surface area contributed by atoms with Crippen molar-refractivity contribution in [2.45, 2.75) is 19.8 Å². The van der Waals surface area contributed by atoms with Gasteiger partial charge in [-0.15, -0.1) is 5.10 Å². The Kier molecular flexibility index (Phi) is 7.34. The van der Waals surface area contributed by atoms with Crippen LogP contribution in [0.25, 0.3) is 16.9 Å². The van der Waals surface area contributed by atoms with Crippen molar-refractivity contribution in [3.63, 3.8) is 0 Å². The van der Waals surface area contributed by atoms with Gasteiger partial charge in [0.1, 0.15) is 5.69 Å². The second kappa shape index (κ2) is 10.4. The van der Waals surface area contributed by atoms with Gasteiger partial charge >= 0.3 is 0 Å². The molecule has 3 aromatic rings. The molecule has 0 aliphatic carbocycles. The smallest absolute Gasteiger partial charge is 0.269 e. The summed E-state index contributed by atoms with van der Waals surface area (Å²) in [4.78, 5) is 10.5. The highest BCUT2D eigenvalue weighted by Gasteiger charge is 2.13. The predicted octanol–water partition coefficient (Wildman–Crippen LogP) is 4.63. The van der Waals surface area contributed by atoms with E-state index in [4.69, 9.17) is 5.73 Å². The van der Waals surface area contributed by atoms with Crippen molar-refractivity contribution in [3.05, 3.63) is 76.5 Å². The van der Waals surface area contributed by atoms with E-state index < -0.39 is 4.92 Å². The van der Waals surface area contributed by atoms with E-state index in [9.17, 15) is 10.1 Å². The Bertz CT molecular complexity index is 1050. The van der Waals surface area contributed by atoms with E-state index in [1.165, 1.54) is 23.9 Å². The molecule has 0 bridgehead atoms. The third kappa shape index (κ3) is 5.54. The van der Waals surface area contributed by atoms with Gasteiger partial charge in [0, 0.05) is 35.2 Å². The lowest BCUT2D eigenvalue weighted by molar-refractivity contribution is -0.384. The number of nitrogens with two attached hydrogens (primary N) is 1. The van der Waals surface area contributed by atoms with E-state index in [-0.39, 0.29) is 5.69 Å². The molecule has 0 radical (unpaired) electrons. The Labute approximate surface area is 178 Å². The normalized spacial score (nSPS) is 11.8. The highest BCUT2D eigenvalue weighted by atomic mass is 32.2. The van der Waals surface area contributed by atoms with Crippen LogP contribution in [0, 0.1) is 10.1 Å². The largest absolute Gasteiger partial charge is 0.377 e. The number of nitro benzene ring substituents is 1. The molecule has 0 aliphatic heterocycles. The molecule has 0 unspecified atom stereocenters. The van der Waals surface area contributed by atoms with Crippen molar-refractivity contribution in [2.75, 3.05) is 5.75 Å². The van der Waals surface area contributed by atoms with Crippen LogP contribution in [0.3, 0.4) is 0 Å². The molecule has 0 saturated carbocycles. The summed E-state index contributed by atoms with van der Waals surface area (Å²) in [6.07, 6.45) is 5.60. The molecule has 3 rings (SSSR count). The number of nitro groups is 1. The molecule has 8 nitrogen and oxygen atoms in total. The maximum Gasteiger partial charge on any atom is 0.269 e. The lowest BCUT2D eigenvalue weighted by atomic mass is 10.1. The Hall–Kier alpha value is -3.46. The molecule has 2 aromatic carbocycles. The van der Waals surface area contributed by atoms with Gasteiger partial charge in [-0.1, -0.05) is 43.3 Å². The minimum absolute atomic E-state index is 0.0259. The second-order valence-electron chi connectivity index (χ2n) is 6.40. The van der Waals surface area contributed by atoms with Gasteiger partial charge in [0.25, 0.3) is 5.69 Å². The number of hydrogen-bond acceptors (Lipinski definition) is 6. The minimum Gasteiger partial charge on any atom is -0.377 e. The maximum absolute atomic E-state index is 10.9. The number of benzene rings is 2. The lowest BCUT2D eigenvalue weighted by Gasteiger charge is -2.00. The van der Waals surface area contributed by atoms with Crippen LogP contribution in [0.2, 0.25) is 0 Å². The van der Waals surface area contributed by atoms with Crippen LogP contribution in [-0.4, -0.2) is 31.8 Å². The summed E-state index contributed by atoms with van der Waals surface area (Å²) in [5.41, 5.74) is 8.91. The van der Waals surface area contributed by atoms with Crippen molar-refractivity contribution in [1.82, 2.24) is 9.78 Å². The predicted molar refractivity (Wildman–Crippen MR) is 122 cm³/mol. The average molecular weight is 423 g/mol. The van der Waals surface area contributed by atoms with Crippen LogP contribution in [0.15, 0.2) is 71.0 Å². The molecule has 2 N–H and O–H groups in total. The molecule has 0 atom stereocenters. The van der Waals surface area contributed by atoms with Crippen molar-refractivity contribution < 1.29 is 4.92 Å². The number of para-hydroxylation sites is 1. The maximum atomic E-state index is 10.9. The molecule has 1 heterocycles. The van der Waals surface area contributed by atoms with Crippen molar-refractivity contribution in [3.8, 4) is 16.9 Å². The first kappa shape index (κ1) is 21.3. The number of hydrogen-bond donors (Lipinski definition) is 1. The van der Waals surface area contributed by atoms with Crippen LogP contribution < -0.4 is 5.73 Å². The second-order valence-corrected chi connectivity index (χ2v) is 7.52. The highest BCUT2D eigenvalue weighted by Crippen LogP contribution is 2.25. The standard InChI is InChI=1S/C21H22N6O2S/c1-2-3-13-30-21(22)24-23-14-17-15-26(18-7-5-4-6-8-18)25-20(17)16-9-11-19(12-10-16)27(28)29/h4-12,14-15H,2-3,13H2,1H3,(H2,22,24)/b23-14-. The number of aromatic nitrogens is 2. The summed E-state index contributed by atoms with van der Waals surface area (Å²) in [6.45, 7) is 2.12. The quantitative estimate of drug-likeness (QED) is 0.187. The van der Waals surface area contributed by atoms with Crippen molar-refractivity contribution >= 4 is 28.8 Å². The average Bonchev–Trinajstić information content (AvgIpc) is 3.19. The monoisotopic (exact) mass is 422 g/mol. The van der Waals surface area contributed by atoms with Gasteiger partial charge in [0.05, 0.1) is 16.8 Å². The first-order valence-electron chi connectivity index (χ1n) is 9.47. The van der Waals surface area contributed by atoms with E-state index in [0.29, 0.717) is 10.9 Å². The zero-order valence-corrected chi connectivity index (χ0v) is 17.3. The summed E-state index contributed by atoms with van der Waals surface area (Å²) in [5, 5.41) is 24.2. The first-order valence-corrected chi connectivity index (χ1v) is 10.5. The van der Waals surface area contributed by atoms with Crippen LogP contribution in [0.5, 0.6) is 0 Å². The summed E-state index contributed by atoms with van der Waals surface area (Å²) >= 11 is 1.47. The van der Waals surface area contributed by atoms with Gasteiger partial charge in [-0.25, -0.2) is 4.68 Å². The number of unbranched alkanes of at least 4 members (excludes halogenated alkanes) is 1. The fourth-order valence-corrected chi connectivity index (χ4v) is 3.41. The van der Waals surface area contributed by atoms with E-state index >= 15 is 0 Å². The zero-order valence-electron chi connectivity index (χ0n) is 16.5. The van der Waals surface area contributed by atoms with Gasteiger partial charge < -0.3 is 5.73 Å². The van der Waals surface area contributed by atoms with Gasteiger partial charge in [-0.3, -0.25) is 10.1 Å². The zero-order chi connectivity index (χ0) is 21.3. The highest BCUT2D eigenvalue weighted by molar-refractivity contribution is 8.13. The number of rotatable bonds is 8. The molecular weight excluding hydrogens is 400 g/mol. The number of non-ortho nitro benzene ring substituents is 1. The summed E-state index contributed by atoms with van der Waals surface area (Å²) in [5.74, 6) is 0.904. The Morgan fingerprint density at radius 3 is 2.63 bits per heavy atom. The molecule has 0 amide bonds. The van der Waals surface area contributed by atoms with Gasteiger partial charge in [0.2, 0.25) is 0 Å². The van der Waals surface area contributed by atoms with E-state index in [1.807, 2.05) is 36.5 Å². The minimum atomic E-state index is -0.428. The van der Waals surface area contributed by atoms with E-state index in [1.54, 1.807) is 23.0 Å². The summed E-state index contributed by atoms with van der Waals surface area (Å²) in [7, 11) is 0. The van der Waals surface area contributed by atoms with Gasteiger partial charge in [-0.2, -0.15) is 10.2 Å². The third-order valence-electron chi connectivity index (χ3n) is 4.22. The molecule has 0 spiro atoms. The molecule has 1 aromatic heterocycles. The third-order valence-corrected chi connectivity index (χ3v) is 5.09. The molecule has 0 aliphatic rings. The Balaban J connectivity index is 1.92. The molecule has 0 saturated heterocycles. The number of thioether (sulfide) groups is 1. The fraction of sp³-hybridized carbons (Fsp3) is 0.190. The van der Waals surface area contributed by atoms with Crippen molar-refractivity contribution in [2.24, 2.45) is 15.9 Å². The first-order chi connectivity index (χ1) is 14.6. The molecular formula is C21H22N6O2S. The summed E-state index contributed by atoms with van der Waals surface area (Å²) in [6, 6.07) is 15.9. The molecule has 0 fully saturated rings. The van der Waals surface area contributed by atoms with Crippen LogP contribution >= 0.6 is 11.8 Å². The topological polar surface area (TPSA) is 112 Å². The SMILES string of the molecule is CCCCS/C(N)=N\N=C/c1cn(-c2ccccc2)nc1-c1ccc([N+](=O)[O-])cc1. The number of amidine groups is 1. The van der Waals surface area contributed by atoms with Crippen molar-refractivity contribution in [1.29, 1.82) is 0 Å². The lowest BCUT2D eigenvalue weighted by Crippen LogP contribution is -2.06. The number of nitrogens with zero attached hydrogens (tertiary/aromatic N) is 5. The molecule has 30 heavy (non-hydrogen) atoms. The van der Waals surface area contributed by atoms with Crippen LogP contribution in [0.1, 0.15) is 25.3 Å². The van der Waals surface area contributed by atoms with Gasteiger partial charge in [0.15, 0.2) is 5.17 Å². The van der Waals surface area contributed by atoms with Crippen LogP contribution in [0.4, 0.5) is 5.69 Å². The van der Waals surface area contributed by atoms with Gasteiger partial charge in [-0.05, 0) is 30.7 Å². The Morgan fingerprint density at radius 2 is 1.97 bits per heavy atom. The van der Waals surface area contributed by atoms with E-state index in [2.05, 4.69) is 22.2 Å². The van der Waals surface area contributed by atoms with E-state index in [0.717, 1.165) is 35.4 Å². The van der Waals surface area contributed by atoms with Crippen LogP contribution in [-0.2, 0) is 0 Å².